The molecule has 3 N–H and O–H groups in total. The van der Waals surface area contributed by atoms with E-state index in [2.05, 4.69) is 36.2 Å². The highest BCUT2D eigenvalue weighted by Gasteiger charge is 2.19. The van der Waals surface area contributed by atoms with Crippen LogP contribution in [0.15, 0.2) is 76.1 Å². The Morgan fingerprint density at radius 3 is 2.50 bits per heavy atom. The van der Waals surface area contributed by atoms with Gasteiger partial charge >= 0.3 is 0 Å². The van der Waals surface area contributed by atoms with Crippen molar-refractivity contribution in [3.05, 3.63) is 76.8 Å². The smallest absolute Gasteiger partial charge is 0.240 e. The average Bonchev–Trinajstić information content (AvgIpc) is 2.78. The minimum Gasteiger partial charge on any atom is -0.395 e. The van der Waals surface area contributed by atoms with E-state index in [1.807, 2.05) is 54.6 Å². The van der Waals surface area contributed by atoms with E-state index < -0.39 is 10.0 Å². The van der Waals surface area contributed by atoms with Crippen molar-refractivity contribution in [1.29, 1.82) is 0 Å². The van der Waals surface area contributed by atoms with Crippen molar-refractivity contribution in [3.63, 3.8) is 0 Å². The number of nitrogens with one attached hydrogen (secondary N) is 2. The van der Waals surface area contributed by atoms with Gasteiger partial charge in [-0.1, -0.05) is 58.4 Å². The number of fused-ring (bicyclic) bond motifs is 1. The molecule has 4 aromatic rings. The fraction of sp³-hybridized carbons (Fsp3) is 0.130. The molecular formula is C23H21BrN4O3S. The van der Waals surface area contributed by atoms with Gasteiger partial charge in [0.05, 0.1) is 11.5 Å². The molecule has 32 heavy (non-hydrogen) atoms. The van der Waals surface area contributed by atoms with Crippen molar-refractivity contribution in [2.75, 3.05) is 18.5 Å². The first-order valence-corrected chi connectivity index (χ1v) is 12.2. The predicted octanol–water partition coefficient (Wildman–Crippen LogP) is 4.38. The summed E-state index contributed by atoms with van der Waals surface area (Å²) in [6.07, 6.45) is 0. The molecule has 4 rings (SSSR count). The van der Waals surface area contributed by atoms with Gasteiger partial charge in [0, 0.05) is 33.0 Å². The molecule has 0 aliphatic heterocycles. The summed E-state index contributed by atoms with van der Waals surface area (Å²) < 4.78 is 28.7. The lowest BCUT2D eigenvalue weighted by Crippen LogP contribution is -2.27. The van der Waals surface area contributed by atoms with Gasteiger partial charge in [-0.15, -0.1) is 10.2 Å². The number of anilines is 2. The summed E-state index contributed by atoms with van der Waals surface area (Å²) in [5.74, 6) is 0.604. The summed E-state index contributed by atoms with van der Waals surface area (Å²) in [4.78, 5) is 0.144. The predicted molar refractivity (Wildman–Crippen MR) is 129 cm³/mol. The first-order valence-electron chi connectivity index (χ1n) is 9.88. The molecule has 1 aromatic heterocycles. The maximum absolute atomic E-state index is 12.7. The molecule has 0 radical (unpaired) electrons. The van der Waals surface area contributed by atoms with Crippen LogP contribution in [0.3, 0.4) is 0 Å². The van der Waals surface area contributed by atoms with E-state index in [1.54, 1.807) is 19.1 Å². The fourth-order valence-corrected chi connectivity index (χ4v) is 5.10. The van der Waals surface area contributed by atoms with Crippen LogP contribution in [0.1, 0.15) is 5.56 Å². The van der Waals surface area contributed by atoms with E-state index in [9.17, 15) is 8.42 Å². The number of benzene rings is 3. The molecule has 7 nitrogen and oxygen atoms in total. The summed E-state index contributed by atoms with van der Waals surface area (Å²) >= 11 is 3.47. The minimum atomic E-state index is -3.76. The van der Waals surface area contributed by atoms with Gasteiger partial charge in [0.1, 0.15) is 5.69 Å². The normalized spacial score (nSPS) is 11.6. The van der Waals surface area contributed by atoms with Gasteiger partial charge in [-0.25, -0.2) is 13.1 Å². The third-order valence-electron chi connectivity index (χ3n) is 4.93. The van der Waals surface area contributed by atoms with Crippen molar-refractivity contribution in [1.82, 2.24) is 14.9 Å². The molecule has 0 aliphatic carbocycles. The molecule has 1 heterocycles. The zero-order valence-electron chi connectivity index (χ0n) is 17.2. The Morgan fingerprint density at radius 1 is 0.969 bits per heavy atom. The topological polar surface area (TPSA) is 104 Å². The fourth-order valence-electron chi connectivity index (χ4n) is 3.41. The lowest BCUT2D eigenvalue weighted by molar-refractivity contribution is 0.301. The van der Waals surface area contributed by atoms with Gasteiger partial charge < -0.3 is 10.4 Å². The number of rotatable bonds is 7. The standard InChI is InChI=1S/C23H21BrN4O3S/c1-15-9-10-16(13-21(15)32(30,31)25-11-12-29)22-19-7-2-3-8-20(19)23(28-27-22)26-18-6-4-5-17(24)14-18/h2-10,13-14,25,29H,11-12H2,1H3,(H,26,28). The molecule has 0 fully saturated rings. The number of hydrogen-bond donors (Lipinski definition) is 3. The number of aliphatic hydroxyl groups excluding tert-OH is 1. The number of sulfonamides is 1. The van der Waals surface area contributed by atoms with E-state index in [0.717, 1.165) is 20.9 Å². The summed E-state index contributed by atoms with van der Waals surface area (Å²) in [5, 5.41) is 22.8. The van der Waals surface area contributed by atoms with E-state index in [0.29, 0.717) is 22.6 Å². The molecule has 0 atom stereocenters. The van der Waals surface area contributed by atoms with E-state index in [-0.39, 0.29) is 18.0 Å². The Labute approximate surface area is 194 Å². The van der Waals surface area contributed by atoms with Crippen LogP contribution < -0.4 is 10.0 Å². The van der Waals surface area contributed by atoms with E-state index in [4.69, 9.17) is 5.11 Å². The zero-order valence-corrected chi connectivity index (χ0v) is 19.6. The maximum Gasteiger partial charge on any atom is 0.240 e. The summed E-state index contributed by atoms with van der Waals surface area (Å²) in [6.45, 7) is 1.40. The van der Waals surface area contributed by atoms with Crippen LogP contribution in [0.25, 0.3) is 22.0 Å². The molecule has 164 valence electrons. The Kier molecular flexibility index (Phi) is 6.52. The third kappa shape index (κ3) is 4.66. The summed E-state index contributed by atoms with van der Waals surface area (Å²) in [5.41, 5.74) is 2.69. The highest BCUT2D eigenvalue weighted by atomic mass is 79.9. The second-order valence-electron chi connectivity index (χ2n) is 7.18. The van der Waals surface area contributed by atoms with Crippen LogP contribution >= 0.6 is 15.9 Å². The lowest BCUT2D eigenvalue weighted by Gasteiger charge is -2.13. The second-order valence-corrected chi connectivity index (χ2v) is 9.83. The van der Waals surface area contributed by atoms with Gasteiger partial charge in [-0.3, -0.25) is 0 Å². The average molecular weight is 513 g/mol. The maximum atomic E-state index is 12.7. The largest absolute Gasteiger partial charge is 0.395 e. The van der Waals surface area contributed by atoms with Gasteiger partial charge in [0.2, 0.25) is 10.0 Å². The van der Waals surface area contributed by atoms with E-state index in [1.165, 1.54) is 0 Å². The number of hydrogen-bond acceptors (Lipinski definition) is 6. The summed E-state index contributed by atoms with van der Waals surface area (Å²) in [7, 11) is -3.76. The highest BCUT2D eigenvalue weighted by Crippen LogP contribution is 2.33. The first-order chi connectivity index (χ1) is 15.4. The monoisotopic (exact) mass is 512 g/mol. The van der Waals surface area contributed by atoms with Crippen LogP contribution in [0, 0.1) is 6.92 Å². The van der Waals surface area contributed by atoms with E-state index >= 15 is 0 Å². The SMILES string of the molecule is Cc1ccc(-c2nnc(Nc3cccc(Br)c3)c3ccccc23)cc1S(=O)(=O)NCCO. The Hall–Kier alpha value is -2.85. The number of halogens is 1. The van der Waals surface area contributed by atoms with Crippen LogP contribution in [0.5, 0.6) is 0 Å². The molecular weight excluding hydrogens is 492 g/mol. The molecule has 0 spiro atoms. The van der Waals surface area contributed by atoms with Crippen molar-refractivity contribution >= 4 is 48.2 Å². The molecule has 0 aliphatic rings. The van der Waals surface area contributed by atoms with Crippen molar-refractivity contribution in [2.45, 2.75) is 11.8 Å². The van der Waals surface area contributed by atoms with Crippen molar-refractivity contribution in [3.8, 4) is 11.3 Å². The Balaban J connectivity index is 1.80. The van der Waals surface area contributed by atoms with Crippen molar-refractivity contribution in [2.24, 2.45) is 0 Å². The zero-order chi connectivity index (χ0) is 22.7. The van der Waals surface area contributed by atoms with Crippen LogP contribution in [0.2, 0.25) is 0 Å². The Bertz CT molecular complexity index is 1390. The number of nitrogens with zero attached hydrogens (tertiary/aromatic N) is 2. The molecule has 0 saturated heterocycles. The highest BCUT2D eigenvalue weighted by molar-refractivity contribution is 9.10. The second kappa shape index (κ2) is 9.33. The molecule has 0 unspecified atom stereocenters. The Morgan fingerprint density at radius 2 is 1.75 bits per heavy atom. The van der Waals surface area contributed by atoms with Gasteiger partial charge in [-0.2, -0.15) is 0 Å². The molecule has 0 bridgehead atoms. The van der Waals surface area contributed by atoms with Gasteiger partial charge in [0.15, 0.2) is 5.82 Å². The molecule has 0 saturated carbocycles. The van der Waals surface area contributed by atoms with Crippen molar-refractivity contribution < 1.29 is 13.5 Å². The first kappa shape index (κ1) is 22.3. The third-order valence-corrected chi connectivity index (χ3v) is 7.03. The van der Waals surface area contributed by atoms with Crippen LogP contribution in [-0.2, 0) is 10.0 Å². The molecule has 0 amide bonds. The number of aromatic nitrogens is 2. The molecule has 3 aromatic carbocycles. The quantitative estimate of drug-likeness (QED) is 0.339. The molecule has 9 heteroatoms. The van der Waals surface area contributed by atoms with Crippen LogP contribution in [-0.4, -0.2) is 36.9 Å². The minimum absolute atomic E-state index is 0.0509. The number of aliphatic hydroxyl groups is 1. The van der Waals surface area contributed by atoms with Gasteiger partial charge in [-0.05, 0) is 36.8 Å². The van der Waals surface area contributed by atoms with Crippen LogP contribution in [0.4, 0.5) is 11.5 Å². The number of aryl methyl sites for hydroxylation is 1. The lowest BCUT2D eigenvalue weighted by atomic mass is 10.0. The summed E-state index contributed by atoms with van der Waals surface area (Å²) in [6, 6.07) is 20.6. The van der Waals surface area contributed by atoms with Gasteiger partial charge in [0.25, 0.3) is 0 Å².